The summed E-state index contributed by atoms with van der Waals surface area (Å²) in [5.41, 5.74) is 1.71. The average molecular weight is 404 g/mol. The van der Waals surface area contributed by atoms with Crippen molar-refractivity contribution in [2.45, 2.75) is 44.1 Å². The van der Waals surface area contributed by atoms with E-state index in [2.05, 4.69) is 34.9 Å². The Morgan fingerprint density at radius 3 is 2.38 bits per heavy atom. The minimum absolute atomic E-state index is 0. The number of rotatable bonds is 5. The van der Waals surface area contributed by atoms with Gasteiger partial charge in [-0.1, -0.05) is 30.7 Å². The molecule has 0 atom stereocenters. The van der Waals surface area contributed by atoms with E-state index in [1.54, 1.807) is 7.11 Å². The van der Waals surface area contributed by atoms with Crippen molar-refractivity contribution in [1.29, 1.82) is 0 Å². The van der Waals surface area contributed by atoms with Gasteiger partial charge in [-0.3, -0.25) is 9.80 Å². The monoisotopic (exact) mass is 403 g/mol. The minimum Gasteiger partial charge on any atom is -0.383 e. The minimum atomic E-state index is 0. The summed E-state index contributed by atoms with van der Waals surface area (Å²) in [7, 11) is 1.79. The SMILES string of the molecule is COCCN1CCN(C2CCC(C)(c3cccc(Cl)c3)CC2)CC1.Cl.N. The molecule has 0 spiro atoms. The van der Waals surface area contributed by atoms with Gasteiger partial charge in [-0.15, -0.1) is 12.4 Å². The molecule has 0 radical (unpaired) electrons. The molecule has 150 valence electrons. The normalized spacial score (nSPS) is 27.4. The van der Waals surface area contributed by atoms with E-state index < -0.39 is 0 Å². The second-order valence-electron chi connectivity index (χ2n) is 7.67. The molecule has 4 nitrogen and oxygen atoms in total. The van der Waals surface area contributed by atoms with E-state index in [0.717, 1.165) is 24.2 Å². The summed E-state index contributed by atoms with van der Waals surface area (Å²) in [5.74, 6) is 0. The van der Waals surface area contributed by atoms with Gasteiger partial charge in [0.2, 0.25) is 0 Å². The Hall–Kier alpha value is -0.360. The molecule has 1 heterocycles. The lowest BCUT2D eigenvalue weighted by atomic mass is 9.69. The van der Waals surface area contributed by atoms with Crippen LogP contribution in [0.25, 0.3) is 0 Å². The van der Waals surface area contributed by atoms with Gasteiger partial charge in [0.25, 0.3) is 0 Å². The number of methoxy groups -OCH3 is 1. The van der Waals surface area contributed by atoms with E-state index in [0.29, 0.717) is 5.41 Å². The summed E-state index contributed by atoms with van der Waals surface area (Å²) >= 11 is 6.20. The van der Waals surface area contributed by atoms with Crippen LogP contribution in [0.3, 0.4) is 0 Å². The third-order valence-electron chi connectivity index (χ3n) is 6.12. The molecule has 0 unspecified atom stereocenters. The molecular formula is C20H35Cl2N3O. The molecule has 2 aliphatic rings. The molecule has 1 saturated heterocycles. The van der Waals surface area contributed by atoms with Crippen LogP contribution in [0.1, 0.15) is 38.2 Å². The second kappa shape index (κ2) is 10.8. The topological polar surface area (TPSA) is 50.7 Å². The van der Waals surface area contributed by atoms with Crippen molar-refractivity contribution in [3.8, 4) is 0 Å². The number of nitrogens with zero attached hydrogens (tertiary/aromatic N) is 2. The highest BCUT2D eigenvalue weighted by molar-refractivity contribution is 6.30. The molecule has 1 aromatic carbocycles. The van der Waals surface area contributed by atoms with Crippen LogP contribution < -0.4 is 6.15 Å². The van der Waals surface area contributed by atoms with Gasteiger partial charge in [0.05, 0.1) is 6.61 Å². The maximum Gasteiger partial charge on any atom is 0.0589 e. The zero-order chi connectivity index (χ0) is 17.0. The van der Waals surface area contributed by atoms with Crippen molar-refractivity contribution < 1.29 is 4.74 Å². The van der Waals surface area contributed by atoms with Gasteiger partial charge in [-0.05, 0) is 48.8 Å². The lowest BCUT2D eigenvalue weighted by molar-refractivity contribution is 0.0545. The van der Waals surface area contributed by atoms with Gasteiger partial charge in [0, 0.05) is 50.9 Å². The Bertz CT molecular complexity index is 528. The predicted molar refractivity (Wildman–Crippen MR) is 113 cm³/mol. The second-order valence-corrected chi connectivity index (χ2v) is 8.11. The lowest BCUT2D eigenvalue weighted by Gasteiger charge is -2.45. The smallest absolute Gasteiger partial charge is 0.0589 e. The number of piperazine rings is 1. The van der Waals surface area contributed by atoms with Gasteiger partial charge in [0.1, 0.15) is 0 Å². The third kappa shape index (κ3) is 5.82. The van der Waals surface area contributed by atoms with Crippen LogP contribution in [0.5, 0.6) is 0 Å². The molecule has 2 fully saturated rings. The first-order chi connectivity index (χ1) is 11.6. The Balaban J connectivity index is 0.00000169. The Morgan fingerprint density at radius 2 is 1.81 bits per heavy atom. The average Bonchev–Trinajstić information content (AvgIpc) is 2.61. The largest absolute Gasteiger partial charge is 0.383 e. The maximum atomic E-state index is 6.20. The number of benzene rings is 1. The molecular weight excluding hydrogens is 369 g/mol. The standard InChI is InChI=1S/C20H31ClN2O.ClH.H3N/c1-20(17-4-3-5-18(21)16-17)8-6-19(7-9-20)23-12-10-22(11-13-23)14-15-24-2;;/h3-5,16,19H,6-15H2,1-2H3;1H;1H3. The Kier molecular flexibility index (Phi) is 9.87. The number of halogens is 2. The molecule has 0 bridgehead atoms. The van der Waals surface area contributed by atoms with Gasteiger partial charge in [-0.2, -0.15) is 0 Å². The highest BCUT2D eigenvalue weighted by atomic mass is 35.5. The molecule has 3 N–H and O–H groups in total. The quantitative estimate of drug-likeness (QED) is 0.791. The van der Waals surface area contributed by atoms with E-state index in [4.69, 9.17) is 16.3 Å². The summed E-state index contributed by atoms with van der Waals surface area (Å²) in [4.78, 5) is 5.25. The van der Waals surface area contributed by atoms with Gasteiger partial charge >= 0.3 is 0 Å². The Morgan fingerprint density at radius 1 is 1.15 bits per heavy atom. The molecule has 0 amide bonds. The fraction of sp³-hybridized carbons (Fsp3) is 0.700. The number of ether oxygens (including phenoxy) is 1. The predicted octanol–water partition coefficient (Wildman–Crippen LogP) is 4.39. The first kappa shape index (κ1) is 23.7. The van der Waals surface area contributed by atoms with E-state index in [9.17, 15) is 0 Å². The van der Waals surface area contributed by atoms with Crippen LogP contribution >= 0.6 is 24.0 Å². The fourth-order valence-electron chi connectivity index (χ4n) is 4.33. The van der Waals surface area contributed by atoms with Gasteiger partial charge in [-0.25, -0.2) is 0 Å². The van der Waals surface area contributed by atoms with Crippen LogP contribution in [0.15, 0.2) is 24.3 Å². The Labute approximate surface area is 170 Å². The van der Waals surface area contributed by atoms with Crippen molar-refractivity contribution in [1.82, 2.24) is 16.0 Å². The molecule has 1 aliphatic carbocycles. The molecule has 1 aromatic rings. The number of hydrogen-bond donors (Lipinski definition) is 1. The molecule has 6 heteroatoms. The van der Waals surface area contributed by atoms with Crippen molar-refractivity contribution in [3.05, 3.63) is 34.9 Å². The number of hydrogen-bond acceptors (Lipinski definition) is 4. The summed E-state index contributed by atoms with van der Waals surface area (Å²) < 4.78 is 5.20. The lowest BCUT2D eigenvalue weighted by Crippen LogP contribution is -2.52. The van der Waals surface area contributed by atoms with E-state index in [1.807, 2.05) is 6.07 Å². The fourth-order valence-corrected chi connectivity index (χ4v) is 4.52. The van der Waals surface area contributed by atoms with Crippen molar-refractivity contribution >= 4 is 24.0 Å². The first-order valence-corrected chi connectivity index (χ1v) is 9.70. The summed E-state index contributed by atoms with van der Waals surface area (Å²) in [6.07, 6.45) is 5.14. The van der Waals surface area contributed by atoms with Crippen LogP contribution in [0.2, 0.25) is 5.02 Å². The zero-order valence-corrected chi connectivity index (χ0v) is 17.8. The highest BCUT2D eigenvalue weighted by Crippen LogP contribution is 2.41. The van der Waals surface area contributed by atoms with Crippen LogP contribution in [-0.4, -0.2) is 62.3 Å². The van der Waals surface area contributed by atoms with Crippen LogP contribution in [-0.2, 0) is 10.2 Å². The van der Waals surface area contributed by atoms with E-state index in [1.165, 1.54) is 57.4 Å². The zero-order valence-electron chi connectivity index (χ0n) is 16.3. The maximum absolute atomic E-state index is 6.20. The summed E-state index contributed by atoms with van der Waals surface area (Å²) in [5, 5.41) is 0.864. The van der Waals surface area contributed by atoms with Crippen molar-refractivity contribution in [3.63, 3.8) is 0 Å². The first-order valence-electron chi connectivity index (χ1n) is 9.32. The summed E-state index contributed by atoms with van der Waals surface area (Å²) in [6.45, 7) is 9.13. The molecule has 26 heavy (non-hydrogen) atoms. The van der Waals surface area contributed by atoms with E-state index >= 15 is 0 Å². The van der Waals surface area contributed by atoms with Gasteiger partial charge < -0.3 is 10.9 Å². The van der Waals surface area contributed by atoms with Gasteiger partial charge in [0.15, 0.2) is 0 Å². The molecule has 1 aliphatic heterocycles. The third-order valence-corrected chi connectivity index (χ3v) is 6.35. The molecule has 1 saturated carbocycles. The van der Waals surface area contributed by atoms with Crippen LogP contribution in [0, 0.1) is 0 Å². The highest BCUT2D eigenvalue weighted by Gasteiger charge is 2.35. The summed E-state index contributed by atoms with van der Waals surface area (Å²) in [6, 6.07) is 9.25. The van der Waals surface area contributed by atoms with Crippen molar-refractivity contribution in [2.75, 3.05) is 46.4 Å². The molecule has 3 rings (SSSR count). The van der Waals surface area contributed by atoms with E-state index in [-0.39, 0.29) is 18.6 Å². The van der Waals surface area contributed by atoms with Crippen molar-refractivity contribution in [2.24, 2.45) is 0 Å². The van der Waals surface area contributed by atoms with Crippen LogP contribution in [0.4, 0.5) is 0 Å². The molecule has 0 aromatic heterocycles.